The molecule has 0 amide bonds. The van der Waals surface area contributed by atoms with Gasteiger partial charge in [-0.05, 0) is 24.6 Å². The molecule has 0 aliphatic carbocycles. The van der Waals surface area contributed by atoms with Gasteiger partial charge in [-0.15, -0.1) is 0 Å². The van der Waals surface area contributed by atoms with Crippen LogP contribution in [0.25, 0.3) is 11.2 Å². The molecule has 2 aliphatic heterocycles. The van der Waals surface area contributed by atoms with Gasteiger partial charge in [0.2, 0.25) is 0 Å². The van der Waals surface area contributed by atoms with Gasteiger partial charge in [-0.1, -0.05) is 30.7 Å². The number of fused-ring (bicyclic) bond motifs is 1. The number of aliphatic hydroxyl groups is 1. The second-order valence-electron chi connectivity index (χ2n) is 8.64. The summed E-state index contributed by atoms with van der Waals surface area (Å²) >= 11 is 6.08. The first-order valence-corrected chi connectivity index (χ1v) is 12.7. The summed E-state index contributed by atoms with van der Waals surface area (Å²) in [6, 6.07) is 7.17. The zero-order chi connectivity index (χ0) is 24.1. The number of aromatic nitrogens is 4. The molecule has 182 valence electrons. The van der Waals surface area contributed by atoms with Crippen LogP contribution < -0.4 is 5.73 Å². The molecule has 11 nitrogen and oxygen atoms in total. The van der Waals surface area contributed by atoms with E-state index in [1.54, 1.807) is 29.7 Å². The Hall–Kier alpha value is -2.11. The fourth-order valence-corrected chi connectivity index (χ4v) is 5.86. The van der Waals surface area contributed by atoms with Crippen molar-refractivity contribution in [2.75, 3.05) is 18.9 Å². The van der Waals surface area contributed by atoms with E-state index in [0.29, 0.717) is 22.6 Å². The van der Waals surface area contributed by atoms with Gasteiger partial charge in [-0.25, -0.2) is 19.5 Å². The minimum Gasteiger partial charge on any atom is -0.385 e. The number of halogens is 1. The summed E-state index contributed by atoms with van der Waals surface area (Å²) in [4.78, 5) is 12.4. The van der Waals surface area contributed by atoms with Crippen LogP contribution in [0.3, 0.4) is 0 Å². The molecular formula is C21H25ClN5O6P. The number of hydrogen-bond acceptors (Lipinski definition) is 10. The lowest BCUT2D eigenvalue weighted by atomic mass is 9.88. The number of anilines is 1. The Morgan fingerprint density at radius 3 is 3.00 bits per heavy atom. The molecule has 2 aliphatic rings. The van der Waals surface area contributed by atoms with Crippen molar-refractivity contribution in [3.05, 3.63) is 47.5 Å². The maximum Gasteiger partial charge on any atom is 0.475 e. The second kappa shape index (κ2) is 8.83. The van der Waals surface area contributed by atoms with Crippen LogP contribution >= 0.6 is 19.4 Å². The van der Waals surface area contributed by atoms with E-state index >= 15 is 0 Å². The first-order chi connectivity index (χ1) is 16.2. The van der Waals surface area contributed by atoms with Crippen molar-refractivity contribution in [1.82, 2.24) is 19.5 Å². The fourth-order valence-electron chi connectivity index (χ4n) is 4.27. The number of nitrogen functional groups attached to an aromatic ring is 1. The molecule has 0 bridgehead atoms. The Kier molecular flexibility index (Phi) is 6.14. The quantitative estimate of drug-likeness (QED) is 0.489. The van der Waals surface area contributed by atoms with Crippen LogP contribution in [0, 0.1) is 5.92 Å². The van der Waals surface area contributed by atoms with Crippen molar-refractivity contribution in [1.29, 1.82) is 0 Å². The average Bonchev–Trinajstić information content (AvgIpc) is 3.32. The van der Waals surface area contributed by atoms with Crippen LogP contribution in [-0.2, 0) is 22.9 Å². The highest BCUT2D eigenvalue weighted by atomic mass is 35.5. The molecular weight excluding hydrogens is 485 g/mol. The molecule has 3 N–H and O–H groups in total. The molecule has 13 heteroatoms. The molecule has 0 spiro atoms. The third-order valence-electron chi connectivity index (χ3n) is 6.43. The molecule has 4 heterocycles. The Morgan fingerprint density at radius 1 is 1.38 bits per heavy atom. The molecule has 1 aromatic carbocycles. The van der Waals surface area contributed by atoms with Gasteiger partial charge in [0.25, 0.3) is 0 Å². The summed E-state index contributed by atoms with van der Waals surface area (Å²) in [5, 5.41) is 11.8. The van der Waals surface area contributed by atoms with Crippen molar-refractivity contribution in [3.8, 4) is 0 Å². The van der Waals surface area contributed by atoms with Gasteiger partial charge < -0.3 is 15.6 Å². The summed E-state index contributed by atoms with van der Waals surface area (Å²) in [6.45, 7) is 3.57. The van der Waals surface area contributed by atoms with Crippen molar-refractivity contribution in [3.63, 3.8) is 0 Å². The van der Waals surface area contributed by atoms with Gasteiger partial charge in [0.1, 0.15) is 17.4 Å². The van der Waals surface area contributed by atoms with Crippen LogP contribution in [0.1, 0.15) is 38.2 Å². The van der Waals surface area contributed by atoms with E-state index in [-0.39, 0.29) is 19.0 Å². The number of nitrogens with two attached hydrogens (primary N) is 1. The highest BCUT2D eigenvalue weighted by Gasteiger charge is 2.52. The summed E-state index contributed by atoms with van der Waals surface area (Å²) in [5.74, 6) is -0.164. The lowest BCUT2D eigenvalue weighted by Crippen LogP contribution is -2.38. The van der Waals surface area contributed by atoms with E-state index < -0.39 is 37.8 Å². The average molecular weight is 510 g/mol. The molecule has 34 heavy (non-hydrogen) atoms. The number of hydrogen-bond donors (Lipinski definition) is 2. The Bertz CT molecular complexity index is 1260. The monoisotopic (exact) mass is 509 g/mol. The number of phosphoric ester groups is 1. The molecule has 1 unspecified atom stereocenters. The van der Waals surface area contributed by atoms with Gasteiger partial charge in [-0.3, -0.25) is 18.1 Å². The second-order valence-corrected chi connectivity index (χ2v) is 10.7. The Balaban J connectivity index is 1.31. The van der Waals surface area contributed by atoms with Crippen LogP contribution in [0.5, 0.6) is 0 Å². The SMILES string of the molecule is C[C@@H]1[C@@H](CO[P@@]2(=O)OCCC(c3cccc(Cl)c3)O2)O[C@@H](n2cnc3c(N)ncnc32)[C@]1(C)O. The van der Waals surface area contributed by atoms with Crippen LogP contribution in [-0.4, -0.2) is 49.5 Å². The fraction of sp³-hybridized carbons (Fsp3) is 0.476. The molecule has 2 saturated heterocycles. The highest BCUT2D eigenvalue weighted by Crippen LogP contribution is 2.57. The van der Waals surface area contributed by atoms with E-state index in [1.165, 1.54) is 12.7 Å². The van der Waals surface area contributed by atoms with E-state index in [1.807, 2.05) is 13.0 Å². The van der Waals surface area contributed by atoms with Crippen molar-refractivity contribution < 1.29 is 28.0 Å². The van der Waals surface area contributed by atoms with Crippen LogP contribution in [0.2, 0.25) is 5.02 Å². The maximum atomic E-state index is 13.2. The van der Waals surface area contributed by atoms with E-state index in [4.69, 9.17) is 35.6 Å². The number of benzene rings is 1. The highest BCUT2D eigenvalue weighted by molar-refractivity contribution is 7.48. The molecule has 5 rings (SSSR count). The number of ether oxygens (including phenoxy) is 1. The predicted molar refractivity (Wildman–Crippen MR) is 123 cm³/mol. The van der Waals surface area contributed by atoms with Gasteiger partial charge in [0, 0.05) is 17.4 Å². The molecule has 0 radical (unpaired) electrons. The number of rotatable bonds is 5. The predicted octanol–water partition coefficient (Wildman–Crippen LogP) is 3.65. The van der Waals surface area contributed by atoms with Gasteiger partial charge in [-0.2, -0.15) is 0 Å². The molecule has 6 atom stereocenters. The van der Waals surface area contributed by atoms with Crippen LogP contribution in [0.4, 0.5) is 5.82 Å². The third-order valence-corrected chi connectivity index (χ3v) is 8.14. The molecule has 0 saturated carbocycles. The lowest BCUT2D eigenvalue weighted by Gasteiger charge is -2.30. The van der Waals surface area contributed by atoms with Crippen LogP contribution in [0.15, 0.2) is 36.9 Å². The number of phosphoric acid groups is 1. The summed E-state index contributed by atoms with van der Waals surface area (Å²) in [7, 11) is -3.86. The van der Waals surface area contributed by atoms with E-state index in [2.05, 4.69) is 15.0 Å². The third kappa shape index (κ3) is 4.22. The molecule has 2 aromatic heterocycles. The maximum absolute atomic E-state index is 13.2. The van der Waals surface area contributed by atoms with Crippen molar-refractivity contribution in [2.45, 2.75) is 44.3 Å². The number of nitrogens with zero attached hydrogens (tertiary/aromatic N) is 4. The Labute approximate surface area is 200 Å². The standard InChI is InChI=1S/C21H25ClN5O6P/c1-12-16(9-31-34(29)30-7-6-15(33-34)13-4-3-5-14(22)8-13)32-20(21(12,2)28)27-11-26-17-18(23)24-10-25-19(17)27/h3-5,8,10-12,15-16,20,28H,6-7,9H2,1-2H3,(H2,23,24,25)/t12-,15?,16-,20-,21-,34-/m1/s1. The summed E-state index contributed by atoms with van der Waals surface area (Å²) in [6.07, 6.45) is 1.42. The van der Waals surface area contributed by atoms with E-state index in [9.17, 15) is 9.67 Å². The summed E-state index contributed by atoms with van der Waals surface area (Å²) in [5.41, 5.74) is 6.21. The van der Waals surface area contributed by atoms with Crippen molar-refractivity contribution in [2.24, 2.45) is 5.92 Å². The Morgan fingerprint density at radius 2 is 2.21 bits per heavy atom. The molecule has 3 aromatic rings. The smallest absolute Gasteiger partial charge is 0.385 e. The number of imidazole rings is 1. The minimum atomic E-state index is -3.86. The molecule has 2 fully saturated rings. The van der Waals surface area contributed by atoms with Gasteiger partial charge >= 0.3 is 7.82 Å². The minimum absolute atomic E-state index is 0.114. The lowest BCUT2D eigenvalue weighted by molar-refractivity contribution is -0.0887. The van der Waals surface area contributed by atoms with Gasteiger partial charge in [0.05, 0.1) is 31.7 Å². The zero-order valence-corrected chi connectivity index (χ0v) is 20.2. The normalized spacial score (nSPS) is 34.0. The summed E-state index contributed by atoms with van der Waals surface area (Å²) < 4.78 is 37.7. The zero-order valence-electron chi connectivity index (χ0n) is 18.6. The topological polar surface area (TPSA) is 144 Å². The van der Waals surface area contributed by atoms with Gasteiger partial charge in [0.15, 0.2) is 17.7 Å². The van der Waals surface area contributed by atoms with Crippen molar-refractivity contribution >= 4 is 36.4 Å². The van der Waals surface area contributed by atoms with E-state index in [0.717, 1.165) is 5.56 Å². The first kappa shape index (κ1) is 23.6. The largest absolute Gasteiger partial charge is 0.475 e. The first-order valence-electron chi connectivity index (χ1n) is 10.8.